The summed E-state index contributed by atoms with van der Waals surface area (Å²) in [6.07, 6.45) is 16.7. The van der Waals surface area contributed by atoms with E-state index in [9.17, 15) is 0 Å². The Kier molecular flexibility index (Phi) is 10.6. The van der Waals surface area contributed by atoms with E-state index in [0.29, 0.717) is 5.92 Å². The molecule has 28 heavy (non-hydrogen) atoms. The molecule has 0 spiro atoms. The van der Waals surface area contributed by atoms with Crippen LogP contribution in [0.25, 0.3) is 11.4 Å². The molecule has 1 heterocycles. The van der Waals surface area contributed by atoms with E-state index in [1.165, 1.54) is 56.9 Å². The van der Waals surface area contributed by atoms with Gasteiger partial charge >= 0.3 is 0 Å². The summed E-state index contributed by atoms with van der Waals surface area (Å²) in [7, 11) is 0. The minimum atomic E-state index is 0.715. The third-order valence-corrected chi connectivity index (χ3v) is 5.46. The van der Waals surface area contributed by atoms with Gasteiger partial charge in [-0.2, -0.15) is 0 Å². The van der Waals surface area contributed by atoms with Crippen molar-refractivity contribution >= 4 is 0 Å². The van der Waals surface area contributed by atoms with Gasteiger partial charge in [0, 0.05) is 18.0 Å². The standard InChI is InChI=1S/C25H38N2O/c1-4-6-7-8-9-10-11-12-22-19-26-25(27-20-22)23-13-15-24(16-14-23)28-18-17-21(3)5-2/h13-16,19-21H,4-12,17-18H2,1-3H3/t21-/m0/s1. The molecule has 0 aliphatic rings. The van der Waals surface area contributed by atoms with E-state index in [1.54, 1.807) is 0 Å². The van der Waals surface area contributed by atoms with Crippen LogP contribution in [0.3, 0.4) is 0 Å². The predicted octanol–water partition coefficient (Wildman–Crippen LogP) is 7.25. The second-order valence-corrected chi connectivity index (χ2v) is 7.96. The number of aryl methyl sites for hydroxylation is 1. The Balaban J connectivity index is 1.73. The molecule has 0 amide bonds. The molecule has 0 N–H and O–H groups in total. The molecular weight excluding hydrogens is 344 g/mol. The first kappa shape index (κ1) is 22.4. The number of nitrogens with zero attached hydrogens (tertiary/aromatic N) is 2. The van der Waals surface area contributed by atoms with Gasteiger partial charge in [-0.25, -0.2) is 9.97 Å². The van der Waals surface area contributed by atoms with Crippen LogP contribution in [-0.2, 0) is 6.42 Å². The Morgan fingerprint density at radius 2 is 1.50 bits per heavy atom. The molecular formula is C25H38N2O. The number of hydrogen-bond donors (Lipinski definition) is 0. The van der Waals surface area contributed by atoms with Gasteiger partial charge < -0.3 is 4.74 Å². The first-order valence-corrected chi connectivity index (χ1v) is 11.3. The lowest BCUT2D eigenvalue weighted by atomic mass is 10.1. The quantitative estimate of drug-likeness (QED) is 0.323. The fraction of sp³-hybridized carbons (Fsp3) is 0.600. The highest BCUT2D eigenvalue weighted by Gasteiger charge is 2.04. The lowest BCUT2D eigenvalue weighted by Crippen LogP contribution is -2.03. The fourth-order valence-corrected chi connectivity index (χ4v) is 3.20. The Hall–Kier alpha value is -1.90. The van der Waals surface area contributed by atoms with Crippen LogP contribution in [0.5, 0.6) is 5.75 Å². The largest absolute Gasteiger partial charge is 0.494 e. The summed E-state index contributed by atoms with van der Waals surface area (Å²) >= 11 is 0. The highest BCUT2D eigenvalue weighted by atomic mass is 16.5. The molecule has 0 radical (unpaired) electrons. The van der Waals surface area contributed by atoms with Crippen molar-refractivity contribution in [2.24, 2.45) is 5.92 Å². The van der Waals surface area contributed by atoms with E-state index >= 15 is 0 Å². The van der Waals surface area contributed by atoms with Gasteiger partial charge in [-0.15, -0.1) is 0 Å². The number of unbranched alkanes of at least 4 members (excludes halogenated alkanes) is 6. The van der Waals surface area contributed by atoms with Gasteiger partial charge in [-0.05, 0) is 55.0 Å². The zero-order valence-corrected chi connectivity index (χ0v) is 18.1. The Morgan fingerprint density at radius 3 is 2.14 bits per heavy atom. The summed E-state index contributed by atoms with van der Waals surface area (Å²) in [5.74, 6) is 2.42. The first-order chi connectivity index (χ1) is 13.7. The number of hydrogen-bond acceptors (Lipinski definition) is 3. The van der Waals surface area contributed by atoms with Crippen LogP contribution in [0.4, 0.5) is 0 Å². The number of ether oxygens (including phenoxy) is 1. The van der Waals surface area contributed by atoms with Gasteiger partial charge in [0.05, 0.1) is 6.61 Å². The lowest BCUT2D eigenvalue weighted by molar-refractivity contribution is 0.282. The summed E-state index contributed by atoms with van der Waals surface area (Å²) in [6, 6.07) is 8.12. The average molecular weight is 383 g/mol. The molecule has 0 aliphatic carbocycles. The van der Waals surface area contributed by atoms with Crippen LogP contribution >= 0.6 is 0 Å². The van der Waals surface area contributed by atoms with E-state index < -0.39 is 0 Å². The van der Waals surface area contributed by atoms with Crippen molar-refractivity contribution in [2.75, 3.05) is 6.61 Å². The predicted molar refractivity (Wildman–Crippen MR) is 119 cm³/mol. The molecule has 0 aliphatic heterocycles. The third kappa shape index (κ3) is 8.41. The Bertz CT molecular complexity index is 637. The van der Waals surface area contributed by atoms with Gasteiger partial charge in [0.1, 0.15) is 5.75 Å². The molecule has 1 aromatic heterocycles. The number of benzene rings is 1. The summed E-state index contributed by atoms with van der Waals surface area (Å²) in [5.41, 5.74) is 2.28. The molecule has 1 aromatic carbocycles. The molecule has 0 fully saturated rings. The minimum absolute atomic E-state index is 0.715. The maximum Gasteiger partial charge on any atom is 0.159 e. The molecule has 3 nitrogen and oxygen atoms in total. The fourth-order valence-electron chi connectivity index (χ4n) is 3.20. The molecule has 2 aromatic rings. The van der Waals surface area contributed by atoms with Gasteiger partial charge in [0.25, 0.3) is 0 Å². The highest BCUT2D eigenvalue weighted by molar-refractivity contribution is 5.55. The summed E-state index contributed by atoms with van der Waals surface area (Å²) < 4.78 is 5.83. The van der Waals surface area contributed by atoms with E-state index in [0.717, 1.165) is 36.6 Å². The zero-order chi connectivity index (χ0) is 20.0. The van der Waals surface area contributed by atoms with Crippen LogP contribution in [0, 0.1) is 5.92 Å². The van der Waals surface area contributed by atoms with E-state index in [-0.39, 0.29) is 0 Å². The molecule has 2 rings (SSSR count). The summed E-state index contributed by atoms with van der Waals surface area (Å²) in [6.45, 7) is 7.53. The third-order valence-electron chi connectivity index (χ3n) is 5.46. The highest BCUT2D eigenvalue weighted by Crippen LogP contribution is 2.20. The topological polar surface area (TPSA) is 35.0 Å². The molecule has 0 saturated carbocycles. The van der Waals surface area contributed by atoms with Gasteiger partial charge in [-0.1, -0.05) is 65.7 Å². The van der Waals surface area contributed by atoms with Crippen molar-refractivity contribution in [3.8, 4) is 17.1 Å². The second-order valence-electron chi connectivity index (χ2n) is 7.96. The number of aromatic nitrogens is 2. The van der Waals surface area contributed by atoms with E-state index in [1.807, 2.05) is 36.7 Å². The number of rotatable bonds is 14. The van der Waals surface area contributed by atoms with Crippen molar-refractivity contribution in [1.82, 2.24) is 9.97 Å². The molecule has 0 saturated heterocycles. The SMILES string of the molecule is CCCCCCCCCc1cnc(-c2ccc(OCC[C@@H](C)CC)cc2)nc1. The van der Waals surface area contributed by atoms with E-state index in [2.05, 4.69) is 30.7 Å². The first-order valence-electron chi connectivity index (χ1n) is 11.3. The summed E-state index contributed by atoms with van der Waals surface area (Å²) in [4.78, 5) is 9.13. The molecule has 154 valence electrons. The monoisotopic (exact) mass is 382 g/mol. The van der Waals surface area contributed by atoms with Crippen LogP contribution in [-0.4, -0.2) is 16.6 Å². The van der Waals surface area contributed by atoms with Crippen LogP contribution < -0.4 is 4.74 Å². The summed E-state index contributed by atoms with van der Waals surface area (Å²) in [5, 5.41) is 0. The Morgan fingerprint density at radius 1 is 0.857 bits per heavy atom. The van der Waals surface area contributed by atoms with Crippen molar-refractivity contribution in [1.29, 1.82) is 0 Å². The van der Waals surface area contributed by atoms with Gasteiger partial charge in [0.15, 0.2) is 5.82 Å². The van der Waals surface area contributed by atoms with E-state index in [4.69, 9.17) is 4.74 Å². The van der Waals surface area contributed by atoms with Crippen LogP contribution in [0.2, 0.25) is 0 Å². The smallest absolute Gasteiger partial charge is 0.159 e. The normalized spacial score (nSPS) is 12.1. The van der Waals surface area contributed by atoms with Crippen molar-refractivity contribution < 1.29 is 4.74 Å². The zero-order valence-electron chi connectivity index (χ0n) is 18.1. The van der Waals surface area contributed by atoms with Crippen LogP contribution in [0.15, 0.2) is 36.7 Å². The van der Waals surface area contributed by atoms with Crippen LogP contribution in [0.1, 0.15) is 84.1 Å². The average Bonchev–Trinajstić information content (AvgIpc) is 2.74. The van der Waals surface area contributed by atoms with Crippen molar-refractivity contribution in [2.45, 2.75) is 85.0 Å². The lowest BCUT2D eigenvalue weighted by Gasteiger charge is -2.10. The van der Waals surface area contributed by atoms with Gasteiger partial charge in [0.2, 0.25) is 0 Å². The van der Waals surface area contributed by atoms with Crippen molar-refractivity contribution in [3.05, 3.63) is 42.2 Å². The minimum Gasteiger partial charge on any atom is -0.494 e. The molecule has 1 atom stereocenters. The molecule has 3 heteroatoms. The van der Waals surface area contributed by atoms with Crippen molar-refractivity contribution in [3.63, 3.8) is 0 Å². The maximum absolute atomic E-state index is 5.83. The van der Waals surface area contributed by atoms with Gasteiger partial charge in [-0.3, -0.25) is 0 Å². The Labute approximate surface area is 172 Å². The maximum atomic E-state index is 5.83. The molecule has 0 bridgehead atoms. The second kappa shape index (κ2) is 13.3. The molecule has 0 unspecified atom stereocenters.